The normalized spacial score (nSPS) is 16.7. The number of hydrogen-bond donors (Lipinski definition) is 1. The van der Waals surface area contributed by atoms with Gasteiger partial charge in [-0.2, -0.15) is 13.2 Å². The van der Waals surface area contributed by atoms with Crippen molar-refractivity contribution < 1.29 is 13.2 Å². The average molecular weight is 264 g/mol. The van der Waals surface area contributed by atoms with Crippen LogP contribution >= 0.6 is 11.6 Å². The molecule has 0 bridgehead atoms. The summed E-state index contributed by atoms with van der Waals surface area (Å²) in [7, 11) is 0. The van der Waals surface area contributed by atoms with E-state index in [1.807, 2.05) is 0 Å². The minimum Gasteiger partial charge on any atom is -0.384 e. The molecule has 1 saturated carbocycles. The van der Waals surface area contributed by atoms with E-state index in [-0.39, 0.29) is 5.02 Å². The zero-order valence-electron chi connectivity index (χ0n) is 9.15. The van der Waals surface area contributed by atoms with Gasteiger partial charge in [-0.1, -0.05) is 18.0 Å². The van der Waals surface area contributed by atoms with E-state index < -0.39 is 11.7 Å². The minimum atomic E-state index is -4.34. The van der Waals surface area contributed by atoms with E-state index in [2.05, 4.69) is 5.32 Å². The van der Waals surface area contributed by atoms with Gasteiger partial charge in [0.2, 0.25) is 0 Å². The quantitative estimate of drug-likeness (QED) is 0.842. The Bertz CT molecular complexity index is 399. The molecule has 94 valence electrons. The lowest BCUT2D eigenvalue weighted by molar-refractivity contribution is -0.137. The fourth-order valence-corrected chi connectivity index (χ4v) is 2.03. The van der Waals surface area contributed by atoms with Gasteiger partial charge in [-0.05, 0) is 37.0 Å². The number of halogens is 4. The maximum atomic E-state index is 12.4. The predicted octanol–water partition coefficient (Wildman–Crippen LogP) is 4.57. The van der Waals surface area contributed by atoms with Crippen LogP contribution in [-0.4, -0.2) is 6.54 Å². The molecule has 0 aliphatic heterocycles. The molecule has 1 aliphatic rings. The average Bonchev–Trinajstić information content (AvgIpc) is 2.16. The molecule has 0 radical (unpaired) electrons. The topological polar surface area (TPSA) is 12.0 Å². The van der Waals surface area contributed by atoms with Crippen molar-refractivity contribution in [2.75, 3.05) is 11.9 Å². The van der Waals surface area contributed by atoms with Gasteiger partial charge in [0, 0.05) is 6.54 Å². The highest BCUT2D eigenvalue weighted by Crippen LogP contribution is 2.34. The lowest BCUT2D eigenvalue weighted by Crippen LogP contribution is -2.21. The molecule has 0 amide bonds. The van der Waals surface area contributed by atoms with Gasteiger partial charge in [0.1, 0.15) is 0 Å². The van der Waals surface area contributed by atoms with Gasteiger partial charge in [0.05, 0.1) is 16.3 Å². The Morgan fingerprint density at radius 3 is 2.47 bits per heavy atom. The molecule has 1 N–H and O–H groups in total. The molecule has 0 aromatic heterocycles. The summed E-state index contributed by atoms with van der Waals surface area (Å²) in [5.74, 6) is 0.633. The third-order valence-electron chi connectivity index (χ3n) is 3.10. The van der Waals surface area contributed by atoms with E-state index in [9.17, 15) is 13.2 Å². The standard InChI is InChI=1S/C12H13ClF3N/c13-10-6-9(12(14,15)16)4-5-11(10)17-7-8-2-1-3-8/h4-6,8,17H,1-3,7H2. The smallest absolute Gasteiger partial charge is 0.384 e. The molecule has 1 nitrogen and oxygen atoms in total. The van der Waals surface area contributed by atoms with Crippen LogP contribution in [0.5, 0.6) is 0 Å². The van der Waals surface area contributed by atoms with Gasteiger partial charge in [-0.3, -0.25) is 0 Å². The molecule has 1 aromatic carbocycles. The van der Waals surface area contributed by atoms with Crippen molar-refractivity contribution in [2.24, 2.45) is 5.92 Å². The number of rotatable bonds is 3. The fourth-order valence-electron chi connectivity index (χ4n) is 1.79. The summed E-state index contributed by atoms with van der Waals surface area (Å²) in [5.41, 5.74) is -0.136. The molecular formula is C12H13ClF3N. The summed E-state index contributed by atoms with van der Waals surface area (Å²) in [6.45, 7) is 0.783. The highest BCUT2D eigenvalue weighted by molar-refractivity contribution is 6.33. The Labute approximate surface area is 103 Å². The second-order valence-corrected chi connectivity index (χ2v) is 4.78. The Morgan fingerprint density at radius 2 is 2.00 bits per heavy atom. The molecule has 0 spiro atoms. The lowest BCUT2D eigenvalue weighted by atomic mass is 9.85. The van der Waals surface area contributed by atoms with Crippen LogP contribution < -0.4 is 5.32 Å². The second-order valence-electron chi connectivity index (χ2n) is 4.37. The molecule has 0 heterocycles. The van der Waals surface area contributed by atoms with Crippen molar-refractivity contribution >= 4 is 17.3 Å². The molecule has 0 saturated heterocycles. The zero-order chi connectivity index (χ0) is 12.5. The van der Waals surface area contributed by atoms with Crippen molar-refractivity contribution in [1.29, 1.82) is 0 Å². The van der Waals surface area contributed by atoms with Crippen LogP contribution in [0.1, 0.15) is 24.8 Å². The van der Waals surface area contributed by atoms with Gasteiger partial charge in [-0.15, -0.1) is 0 Å². The zero-order valence-corrected chi connectivity index (χ0v) is 9.91. The Morgan fingerprint density at radius 1 is 1.29 bits per heavy atom. The largest absolute Gasteiger partial charge is 0.416 e. The van der Waals surface area contributed by atoms with E-state index in [1.165, 1.54) is 25.3 Å². The molecule has 0 atom stereocenters. The number of alkyl halides is 3. The third-order valence-corrected chi connectivity index (χ3v) is 3.42. The van der Waals surface area contributed by atoms with Crippen LogP contribution in [0.25, 0.3) is 0 Å². The minimum absolute atomic E-state index is 0.124. The maximum Gasteiger partial charge on any atom is 0.416 e. The van der Waals surface area contributed by atoms with Gasteiger partial charge in [-0.25, -0.2) is 0 Å². The SMILES string of the molecule is FC(F)(F)c1ccc(NCC2CCC2)c(Cl)c1. The molecule has 1 aromatic rings. The van der Waals surface area contributed by atoms with E-state index >= 15 is 0 Å². The molecule has 1 fully saturated rings. The monoisotopic (exact) mass is 263 g/mol. The summed E-state index contributed by atoms with van der Waals surface area (Å²) < 4.78 is 37.2. The Kier molecular flexibility index (Phi) is 3.52. The van der Waals surface area contributed by atoms with Crippen LogP contribution in [0.2, 0.25) is 5.02 Å². The highest BCUT2D eigenvalue weighted by Gasteiger charge is 2.30. The molecule has 17 heavy (non-hydrogen) atoms. The Hall–Kier alpha value is -0.900. The molecular weight excluding hydrogens is 251 g/mol. The van der Waals surface area contributed by atoms with Crippen molar-refractivity contribution in [1.82, 2.24) is 0 Å². The van der Waals surface area contributed by atoms with Crippen molar-refractivity contribution in [3.8, 4) is 0 Å². The molecule has 0 unspecified atom stereocenters. The first-order valence-electron chi connectivity index (χ1n) is 5.57. The van der Waals surface area contributed by atoms with Gasteiger partial charge in [0.25, 0.3) is 0 Å². The fraction of sp³-hybridized carbons (Fsp3) is 0.500. The second kappa shape index (κ2) is 4.77. The molecule has 5 heteroatoms. The van der Waals surface area contributed by atoms with E-state index in [0.29, 0.717) is 11.6 Å². The first-order valence-corrected chi connectivity index (χ1v) is 5.95. The predicted molar refractivity (Wildman–Crippen MR) is 62.3 cm³/mol. The first kappa shape index (κ1) is 12.6. The lowest BCUT2D eigenvalue weighted by Gasteiger charge is -2.26. The summed E-state index contributed by atoms with van der Waals surface area (Å²) >= 11 is 5.82. The number of nitrogens with one attached hydrogen (secondary N) is 1. The van der Waals surface area contributed by atoms with Crippen molar-refractivity contribution in [3.05, 3.63) is 28.8 Å². The third kappa shape index (κ3) is 3.06. The number of hydrogen-bond acceptors (Lipinski definition) is 1. The van der Waals surface area contributed by atoms with Crippen LogP contribution in [0.15, 0.2) is 18.2 Å². The molecule has 2 rings (SSSR count). The highest BCUT2D eigenvalue weighted by atomic mass is 35.5. The van der Waals surface area contributed by atoms with Crippen LogP contribution in [0.3, 0.4) is 0 Å². The Balaban J connectivity index is 2.03. The van der Waals surface area contributed by atoms with Crippen molar-refractivity contribution in [3.63, 3.8) is 0 Å². The first-order chi connectivity index (χ1) is 7.97. The summed E-state index contributed by atoms with van der Waals surface area (Å²) in [5, 5.41) is 3.22. The van der Waals surface area contributed by atoms with Crippen LogP contribution in [0, 0.1) is 5.92 Å². The summed E-state index contributed by atoms with van der Waals surface area (Å²) in [6.07, 6.45) is -0.722. The van der Waals surface area contributed by atoms with E-state index in [0.717, 1.165) is 18.7 Å². The summed E-state index contributed by atoms with van der Waals surface area (Å²) in [6, 6.07) is 3.41. The van der Waals surface area contributed by atoms with Gasteiger partial charge >= 0.3 is 6.18 Å². The van der Waals surface area contributed by atoms with Crippen LogP contribution in [0.4, 0.5) is 18.9 Å². The molecule has 1 aliphatic carbocycles. The van der Waals surface area contributed by atoms with E-state index in [4.69, 9.17) is 11.6 Å². The number of benzene rings is 1. The number of anilines is 1. The van der Waals surface area contributed by atoms with Crippen molar-refractivity contribution in [2.45, 2.75) is 25.4 Å². The van der Waals surface area contributed by atoms with Crippen LogP contribution in [-0.2, 0) is 6.18 Å². The summed E-state index contributed by atoms with van der Waals surface area (Å²) in [4.78, 5) is 0. The van der Waals surface area contributed by atoms with E-state index in [1.54, 1.807) is 0 Å². The van der Waals surface area contributed by atoms with Gasteiger partial charge < -0.3 is 5.32 Å². The van der Waals surface area contributed by atoms with Gasteiger partial charge in [0.15, 0.2) is 0 Å². The maximum absolute atomic E-state index is 12.4.